The zero-order chi connectivity index (χ0) is 28.3. The monoisotopic (exact) mass is 588 g/mol. The Bertz CT molecular complexity index is 1510. The van der Waals surface area contributed by atoms with Gasteiger partial charge in [-0.05, 0) is 54.4 Å². The topological polar surface area (TPSA) is 101 Å². The summed E-state index contributed by atoms with van der Waals surface area (Å²) in [6.45, 7) is 0.927. The highest BCUT2D eigenvalue weighted by atomic mass is 35.5. The fourth-order valence-corrected chi connectivity index (χ4v) is 5.95. The second-order valence-electron chi connectivity index (χ2n) is 8.36. The molecular weight excluding hydrogens is 565 g/mol. The van der Waals surface area contributed by atoms with Gasteiger partial charge in [-0.25, -0.2) is 16.8 Å². The summed E-state index contributed by atoms with van der Waals surface area (Å²) < 4.78 is 91.5. The Hall–Kier alpha value is -3.09. The number of sulfone groups is 1. The molecule has 3 aromatic rings. The van der Waals surface area contributed by atoms with E-state index in [1.165, 1.54) is 48.5 Å². The third kappa shape index (κ3) is 6.86. The number of hydrogen-bond donors (Lipinski definition) is 1. The number of benzene rings is 3. The summed E-state index contributed by atoms with van der Waals surface area (Å²) in [7, 11) is -7.89. The van der Waals surface area contributed by atoms with Crippen molar-refractivity contribution in [2.45, 2.75) is 35.4 Å². The van der Waals surface area contributed by atoms with Crippen molar-refractivity contribution in [2.24, 2.45) is 0 Å². The van der Waals surface area contributed by atoms with Gasteiger partial charge in [-0.1, -0.05) is 48.9 Å². The van der Waals surface area contributed by atoms with E-state index in [2.05, 4.69) is 5.32 Å². The van der Waals surface area contributed by atoms with Crippen LogP contribution >= 0.6 is 11.6 Å². The van der Waals surface area contributed by atoms with Crippen LogP contribution in [0, 0.1) is 0 Å². The molecule has 7 nitrogen and oxygen atoms in total. The van der Waals surface area contributed by atoms with E-state index in [0.29, 0.717) is 22.4 Å². The number of halogens is 4. The third-order valence-corrected chi connectivity index (χ3v) is 8.86. The van der Waals surface area contributed by atoms with Gasteiger partial charge in [-0.3, -0.25) is 9.10 Å². The minimum absolute atomic E-state index is 0.0887. The number of carbonyl (C=O) groups is 1. The Morgan fingerprint density at radius 2 is 1.55 bits per heavy atom. The summed E-state index contributed by atoms with van der Waals surface area (Å²) in [4.78, 5) is 12.9. The highest BCUT2D eigenvalue weighted by Crippen LogP contribution is 2.38. The molecule has 1 unspecified atom stereocenters. The summed E-state index contributed by atoms with van der Waals surface area (Å²) in [5.74, 6) is -0.785. The molecule has 3 aromatic carbocycles. The fraction of sp³-hybridized carbons (Fsp3) is 0.240. The minimum Gasteiger partial charge on any atom is -0.348 e. The number of hydrogen-bond acceptors (Lipinski definition) is 5. The minimum atomic E-state index is -4.86. The average molecular weight is 589 g/mol. The van der Waals surface area contributed by atoms with Gasteiger partial charge in [-0.2, -0.15) is 13.2 Å². The smallest absolute Gasteiger partial charge is 0.348 e. The predicted molar refractivity (Wildman–Crippen MR) is 138 cm³/mol. The average Bonchev–Trinajstić information content (AvgIpc) is 2.85. The first kappa shape index (κ1) is 29.5. The van der Waals surface area contributed by atoms with Crippen LogP contribution in [0.5, 0.6) is 0 Å². The fourth-order valence-electron chi connectivity index (χ4n) is 3.66. The zero-order valence-electron chi connectivity index (χ0n) is 20.2. The van der Waals surface area contributed by atoms with E-state index in [4.69, 9.17) is 11.6 Å². The van der Waals surface area contributed by atoms with Crippen LogP contribution in [0.4, 0.5) is 18.9 Å². The van der Waals surface area contributed by atoms with E-state index >= 15 is 0 Å². The molecule has 1 N–H and O–H groups in total. The summed E-state index contributed by atoms with van der Waals surface area (Å²) in [5, 5.41) is 2.06. The van der Waals surface area contributed by atoms with Crippen LogP contribution in [-0.4, -0.2) is 35.5 Å². The lowest BCUT2D eigenvalue weighted by Crippen LogP contribution is -2.42. The lowest BCUT2D eigenvalue weighted by Gasteiger charge is -2.26. The molecule has 0 aliphatic rings. The molecule has 0 aromatic heterocycles. The molecule has 0 bridgehead atoms. The molecule has 38 heavy (non-hydrogen) atoms. The Labute approximate surface area is 224 Å². The maximum atomic E-state index is 13.5. The number of rotatable bonds is 9. The van der Waals surface area contributed by atoms with Crippen LogP contribution in [0.2, 0.25) is 5.02 Å². The van der Waals surface area contributed by atoms with Gasteiger partial charge in [0.2, 0.25) is 5.91 Å². The zero-order valence-corrected chi connectivity index (χ0v) is 22.6. The molecular formula is C25H24ClF3N2O5S2. The molecule has 0 fully saturated rings. The van der Waals surface area contributed by atoms with E-state index in [1.807, 2.05) is 0 Å². The van der Waals surface area contributed by atoms with Crippen LogP contribution < -0.4 is 9.62 Å². The Morgan fingerprint density at radius 1 is 0.947 bits per heavy atom. The summed E-state index contributed by atoms with van der Waals surface area (Å²) in [6.07, 6.45) is -3.43. The number of nitrogens with zero attached hydrogens (tertiary/aromatic N) is 1. The Balaban J connectivity index is 1.97. The second kappa shape index (κ2) is 11.3. The van der Waals surface area contributed by atoms with E-state index in [-0.39, 0.29) is 9.79 Å². The van der Waals surface area contributed by atoms with Gasteiger partial charge in [0.25, 0.3) is 10.0 Å². The van der Waals surface area contributed by atoms with E-state index < -0.39 is 60.8 Å². The Kier molecular flexibility index (Phi) is 8.79. The van der Waals surface area contributed by atoms with Crippen molar-refractivity contribution in [3.8, 4) is 0 Å². The molecule has 13 heteroatoms. The van der Waals surface area contributed by atoms with Gasteiger partial charge in [0.15, 0.2) is 9.84 Å². The molecule has 1 amide bonds. The van der Waals surface area contributed by atoms with Crippen LogP contribution in [0.15, 0.2) is 82.6 Å². The summed E-state index contributed by atoms with van der Waals surface area (Å²) in [6, 6.07) is 14.8. The highest BCUT2D eigenvalue weighted by molar-refractivity contribution is 7.93. The first-order valence-corrected chi connectivity index (χ1v) is 14.9. The number of carbonyl (C=O) groups excluding carboxylic acids is 1. The van der Waals surface area contributed by atoms with Gasteiger partial charge in [0, 0.05) is 6.26 Å². The van der Waals surface area contributed by atoms with E-state index in [0.717, 1.165) is 18.4 Å². The lowest BCUT2D eigenvalue weighted by atomic mass is 10.0. The number of anilines is 1. The molecule has 0 aliphatic heterocycles. The third-order valence-electron chi connectivity index (χ3n) is 5.62. The van der Waals surface area contributed by atoms with Crippen LogP contribution in [0.1, 0.15) is 30.5 Å². The number of alkyl halides is 3. The molecule has 0 saturated heterocycles. The molecule has 0 aliphatic carbocycles. The number of amides is 1. The first-order chi connectivity index (χ1) is 17.6. The highest BCUT2D eigenvalue weighted by Gasteiger charge is 2.35. The number of sulfonamides is 1. The molecule has 1 atom stereocenters. The molecule has 204 valence electrons. The van der Waals surface area contributed by atoms with Crippen LogP contribution in [0.25, 0.3) is 0 Å². The van der Waals surface area contributed by atoms with Crippen molar-refractivity contribution in [2.75, 3.05) is 17.1 Å². The van der Waals surface area contributed by atoms with Crippen molar-refractivity contribution < 1.29 is 34.8 Å². The van der Waals surface area contributed by atoms with Gasteiger partial charge in [0.1, 0.15) is 6.54 Å². The van der Waals surface area contributed by atoms with Crippen molar-refractivity contribution in [3.05, 3.63) is 88.9 Å². The molecule has 0 radical (unpaired) electrons. The summed E-state index contributed by atoms with van der Waals surface area (Å²) in [5.41, 5.74) is -1.08. The lowest BCUT2D eigenvalue weighted by molar-refractivity contribution is -0.137. The second-order valence-corrected chi connectivity index (χ2v) is 12.6. The van der Waals surface area contributed by atoms with Crippen molar-refractivity contribution in [1.82, 2.24) is 5.32 Å². The van der Waals surface area contributed by atoms with Crippen molar-refractivity contribution in [3.63, 3.8) is 0 Å². The summed E-state index contributed by atoms with van der Waals surface area (Å²) >= 11 is 5.71. The Morgan fingerprint density at radius 3 is 2.08 bits per heavy atom. The van der Waals surface area contributed by atoms with Crippen LogP contribution in [-0.2, 0) is 30.8 Å². The molecule has 0 saturated carbocycles. The first-order valence-electron chi connectivity index (χ1n) is 11.2. The molecule has 0 spiro atoms. The van der Waals surface area contributed by atoms with E-state index in [9.17, 15) is 34.8 Å². The standard InChI is InChI=1S/C25H24ClF3N2O5S2/c1-3-23(17-9-12-19(13-10-17)37(2,33)34)30-24(32)16-31(38(35,36)20-7-5-4-6-8-20)18-11-14-22(26)21(15-18)25(27,28)29/h4-15,23H,3,16H2,1-2H3,(H,30,32). The van der Waals surface area contributed by atoms with Gasteiger partial charge in [-0.15, -0.1) is 0 Å². The van der Waals surface area contributed by atoms with Crippen molar-refractivity contribution in [1.29, 1.82) is 0 Å². The SMILES string of the molecule is CCC(NC(=O)CN(c1ccc(Cl)c(C(F)(F)F)c1)S(=O)(=O)c1ccccc1)c1ccc(S(C)(=O)=O)cc1. The van der Waals surface area contributed by atoms with Gasteiger partial charge in [0.05, 0.1) is 32.1 Å². The predicted octanol–water partition coefficient (Wildman–Crippen LogP) is 5.23. The molecule has 0 heterocycles. The van der Waals surface area contributed by atoms with E-state index in [1.54, 1.807) is 13.0 Å². The normalized spacial score (nSPS) is 13.1. The molecule has 3 rings (SSSR count). The number of nitrogens with one attached hydrogen (secondary N) is 1. The van der Waals surface area contributed by atoms with Gasteiger partial charge < -0.3 is 5.32 Å². The van der Waals surface area contributed by atoms with Crippen LogP contribution in [0.3, 0.4) is 0 Å². The largest absolute Gasteiger partial charge is 0.417 e. The quantitative estimate of drug-likeness (QED) is 0.369. The maximum Gasteiger partial charge on any atom is 0.417 e. The van der Waals surface area contributed by atoms with Gasteiger partial charge >= 0.3 is 6.18 Å². The van der Waals surface area contributed by atoms with Crippen molar-refractivity contribution >= 4 is 43.1 Å². The maximum absolute atomic E-state index is 13.5.